The van der Waals surface area contributed by atoms with Gasteiger partial charge in [0.1, 0.15) is 0 Å². The van der Waals surface area contributed by atoms with Crippen LogP contribution < -0.4 is 0 Å². The smallest absolute Gasteiger partial charge is 0.0687 e. The number of rotatable bonds is 2. The molecule has 1 aliphatic carbocycles. The van der Waals surface area contributed by atoms with E-state index in [2.05, 4.69) is 13.8 Å². The van der Waals surface area contributed by atoms with Crippen molar-refractivity contribution in [3.63, 3.8) is 0 Å². The summed E-state index contributed by atoms with van der Waals surface area (Å²) < 4.78 is 6.10. The van der Waals surface area contributed by atoms with Gasteiger partial charge in [-0.15, -0.1) is 0 Å². The second kappa shape index (κ2) is 3.02. The lowest BCUT2D eigenvalue weighted by atomic mass is 9.78. The Morgan fingerprint density at radius 2 is 2.08 bits per heavy atom. The van der Waals surface area contributed by atoms with Crippen LogP contribution in [0.15, 0.2) is 0 Å². The van der Waals surface area contributed by atoms with Crippen LogP contribution in [0.25, 0.3) is 0 Å². The van der Waals surface area contributed by atoms with Crippen molar-refractivity contribution in [2.75, 3.05) is 0 Å². The summed E-state index contributed by atoms with van der Waals surface area (Å²) in [5, 5.41) is 0. The standard InChI is InChI=1S/C11H20O/c1-9(2)8-10-4-7-11(12-10)5-3-6-11/h9-10H,3-8H2,1-2H3. The Labute approximate surface area is 75.5 Å². The van der Waals surface area contributed by atoms with Gasteiger partial charge in [0.2, 0.25) is 0 Å². The van der Waals surface area contributed by atoms with Crippen LogP contribution in [0, 0.1) is 5.92 Å². The van der Waals surface area contributed by atoms with Gasteiger partial charge in [-0.25, -0.2) is 0 Å². The highest BCUT2D eigenvalue weighted by Gasteiger charge is 2.44. The van der Waals surface area contributed by atoms with E-state index in [-0.39, 0.29) is 0 Å². The lowest BCUT2D eigenvalue weighted by Crippen LogP contribution is -2.36. The first kappa shape index (κ1) is 8.55. The summed E-state index contributed by atoms with van der Waals surface area (Å²) in [6.07, 6.45) is 8.58. The molecule has 12 heavy (non-hydrogen) atoms. The van der Waals surface area contributed by atoms with Crippen molar-refractivity contribution >= 4 is 0 Å². The summed E-state index contributed by atoms with van der Waals surface area (Å²) in [5.74, 6) is 0.797. The van der Waals surface area contributed by atoms with Gasteiger partial charge >= 0.3 is 0 Å². The molecule has 1 spiro atoms. The van der Waals surface area contributed by atoms with Gasteiger partial charge in [0.15, 0.2) is 0 Å². The normalized spacial score (nSPS) is 32.8. The molecule has 1 aliphatic heterocycles. The van der Waals surface area contributed by atoms with Gasteiger partial charge in [0.25, 0.3) is 0 Å². The second-order valence-electron chi connectivity index (χ2n) is 4.94. The van der Waals surface area contributed by atoms with Crippen molar-refractivity contribution in [2.45, 2.75) is 64.1 Å². The summed E-state index contributed by atoms with van der Waals surface area (Å²) >= 11 is 0. The summed E-state index contributed by atoms with van der Waals surface area (Å²) in [6, 6.07) is 0. The quantitative estimate of drug-likeness (QED) is 0.615. The van der Waals surface area contributed by atoms with E-state index < -0.39 is 0 Å². The van der Waals surface area contributed by atoms with E-state index >= 15 is 0 Å². The Balaban J connectivity index is 1.81. The summed E-state index contributed by atoms with van der Waals surface area (Å²) in [7, 11) is 0. The van der Waals surface area contributed by atoms with E-state index in [1.54, 1.807) is 0 Å². The van der Waals surface area contributed by atoms with Crippen LogP contribution in [0.4, 0.5) is 0 Å². The van der Waals surface area contributed by atoms with Gasteiger partial charge in [-0.1, -0.05) is 13.8 Å². The van der Waals surface area contributed by atoms with Crippen molar-refractivity contribution in [1.82, 2.24) is 0 Å². The lowest BCUT2D eigenvalue weighted by molar-refractivity contribution is -0.0950. The zero-order valence-electron chi connectivity index (χ0n) is 8.31. The van der Waals surface area contributed by atoms with Gasteiger partial charge in [0, 0.05) is 0 Å². The predicted octanol–water partition coefficient (Wildman–Crippen LogP) is 3.13. The van der Waals surface area contributed by atoms with Crippen molar-refractivity contribution < 1.29 is 4.74 Å². The van der Waals surface area contributed by atoms with E-state index in [4.69, 9.17) is 4.74 Å². The third-order valence-electron chi connectivity index (χ3n) is 3.34. The minimum Gasteiger partial charge on any atom is -0.372 e. The third kappa shape index (κ3) is 1.52. The molecular formula is C11H20O. The highest BCUT2D eigenvalue weighted by Crippen LogP contribution is 2.46. The van der Waals surface area contributed by atoms with Gasteiger partial charge in [-0.2, -0.15) is 0 Å². The molecule has 0 bridgehead atoms. The molecule has 0 aromatic rings. The van der Waals surface area contributed by atoms with E-state index in [1.807, 2.05) is 0 Å². The average molecular weight is 168 g/mol. The minimum atomic E-state index is 0.375. The fourth-order valence-electron chi connectivity index (χ4n) is 2.53. The first-order chi connectivity index (χ1) is 5.70. The van der Waals surface area contributed by atoms with Crippen molar-refractivity contribution in [1.29, 1.82) is 0 Å². The van der Waals surface area contributed by atoms with Crippen LogP contribution in [-0.4, -0.2) is 11.7 Å². The van der Waals surface area contributed by atoms with Crippen LogP contribution in [0.1, 0.15) is 52.4 Å². The molecule has 1 saturated carbocycles. The van der Waals surface area contributed by atoms with E-state index in [0.29, 0.717) is 11.7 Å². The molecule has 0 aromatic heterocycles. The Bertz CT molecular complexity index is 158. The van der Waals surface area contributed by atoms with Crippen LogP contribution >= 0.6 is 0 Å². The van der Waals surface area contributed by atoms with E-state index in [0.717, 1.165) is 5.92 Å². The number of ether oxygens (including phenoxy) is 1. The first-order valence-corrected chi connectivity index (χ1v) is 5.38. The van der Waals surface area contributed by atoms with Crippen LogP contribution in [-0.2, 0) is 4.74 Å². The predicted molar refractivity (Wildman–Crippen MR) is 50.1 cm³/mol. The maximum atomic E-state index is 6.10. The van der Waals surface area contributed by atoms with Crippen molar-refractivity contribution in [2.24, 2.45) is 5.92 Å². The summed E-state index contributed by atoms with van der Waals surface area (Å²) in [5.41, 5.74) is 0.375. The van der Waals surface area contributed by atoms with E-state index in [1.165, 1.54) is 38.5 Å². The molecule has 1 saturated heterocycles. The largest absolute Gasteiger partial charge is 0.372 e. The SMILES string of the molecule is CC(C)CC1CCC2(CCC2)O1. The first-order valence-electron chi connectivity index (χ1n) is 5.38. The maximum Gasteiger partial charge on any atom is 0.0687 e. The minimum absolute atomic E-state index is 0.375. The molecule has 70 valence electrons. The molecule has 0 aromatic carbocycles. The molecule has 0 N–H and O–H groups in total. The van der Waals surface area contributed by atoms with Crippen molar-refractivity contribution in [3.8, 4) is 0 Å². The highest BCUT2D eigenvalue weighted by atomic mass is 16.5. The molecule has 1 atom stereocenters. The van der Waals surface area contributed by atoms with E-state index in [9.17, 15) is 0 Å². The molecular weight excluding hydrogens is 148 g/mol. The number of hydrogen-bond acceptors (Lipinski definition) is 1. The van der Waals surface area contributed by atoms with Gasteiger partial charge in [-0.05, 0) is 44.4 Å². The molecule has 1 heteroatoms. The Morgan fingerprint density at radius 3 is 2.50 bits per heavy atom. The molecule has 1 unspecified atom stereocenters. The molecule has 2 fully saturated rings. The Kier molecular flexibility index (Phi) is 2.16. The number of hydrogen-bond donors (Lipinski definition) is 0. The zero-order valence-corrected chi connectivity index (χ0v) is 8.31. The van der Waals surface area contributed by atoms with Crippen LogP contribution in [0.3, 0.4) is 0 Å². The molecule has 1 heterocycles. The highest BCUT2D eigenvalue weighted by molar-refractivity contribution is 4.95. The summed E-state index contributed by atoms with van der Waals surface area (Å²) in [6.45, 7) is 4.57. The molecule has 1 nitrogen and oxygen atoms in total. The van der Waals surface area contributed by atoms with Gasteiger partial charge in [0.05, 0.1) is 11.7 Å². The average Bonchev–Trinajstić information content (AvgIpc) is 2.29. The maximum absolute atomic E-state index is 6.10. The molecule has 0 radical (unpaired) electrons. The second-order valence-corrected chi connectivity index (χ2v) is 4.94. The van der Waals surface area contributed by atoms with Crippen LogP contribution in [0.2, 0.25) is 0 Å². The third-order valence-corrected chi connectivity index (χ3v) is 3.34. The van der Waals surface area contributed by atoms with Gasteiger partial charge < -0.3 is 4.74 Å². The molecule has 2 aliphatic rings. The zero-order chi connectivity index (χ0) is 8.60. The molecule has 2 rings (SSSR count). The summed E-state index contributed by atoms with van der Waals surface area (Å²) in [4.78, 5) is 0. The lowest BCUT2D eigenvalue weighted by Gasteiger charge is -2.38. The topological polar surface area (TPSA) is 9.23 Å². The monoisotopic (exact) mass is 168 g/mol. The fourth-order valence-corrected chi connectivity index (χ4v) is 2.53. The van der Waals surface area contributed by atoms with Crippen LogP contribution in [0.5, 0.6) is 0 Å². The molecule has 0 amide bonds. The van der Waals surface area contributed by atoms with Gasteiger partial charge in [-0.3, -0.25) is 0 Å². The van der Waals surface area contributed by atoms with Crippen molar-refractivity contribution in [3.05, 3.63) is 0 Å². The Morgan fingerprint density at radius 1 is 1.33 bits per heavy atom. The fraction of sp³-hybridized carbons (Fsp3) is 1.00. The Hall–Kier alpha value is -0.0400.